The molecule has 3 heterocycles. The van der Waals surface area contributed by atoms with Gasteiger partial charge in [0, 0.05) is 30.1 Å². The summed E-state index contributed by atoms with van der Waals surface area (Å²) in [5.74, 6) is 0. The number of hydrogen-bond donors (Lipinski definition) is 1. The minimum absolute atomic E-state index is 0.889. The lowest BCUT2D eigenvalue weighted by Gasteiger charge is -2.16. The summed E-state index contributed by atoms with van der Waals surface area (Å²) in [6.45, 7) is 5.49. The third kappa shape index (κ3) is 4.23. The Kier molecular flexibility index (Phi) is 5.48. The Morgan fingerprint density at radius 1 is 1.15 bits per heavy atom. The summed E-state index contributed by atoms with van der Waals surface area (Å²) >= 11 is 1.88. The molecule has 5 heteroatoms. The van der Waals surface area contributed by atoms with Gasteiger partial charge in [0.05, 0.1) is 11.9 Å². The van der Waals surface area contributed by atoms with E-state index in [1.54, 1.807) is 0 Å². The van der Waals surface area contributed by atoms with Crippen molar-refractivity contribution in [1.29, 1.82) is 0 Å². The van der Waals surface area contributed by atoms with E-state index in [1.807, 2.05) is 23.6 Å². The molecule has 3 aromatic rings. The van der Waals surface area contributed by atoms with E-state index in [1.165, 1.54) is 47.5 Å². The first kappa shape index (κ1) is 17.5. The fourth-order valence-electron chi connectivity index (χ4n) is 3.69. The van der Waals surface area contributed by atoms with E-state index < -0.39 is 0 Å². The van der Waals surface area contributed by atoms with Crippen molar-refractivity contribution >= 4 is 11.3 Å². The van der Waals surface area contributed by atoms with E-state index >= 15 is 0 Å². The van der Waals surface area contributed by atoms with Gasteiger partial charge in [-0.3, -0.25) is 14.9 Å². The summed E-state index contributed by atoms with van der Waals surface area (Å²) in [6, 6.07) is 12.8. The summed E-state index contributed by atoms with van der Waals surface area (Å²) in [4.78, 5) is 6.36. The molecule has 2 aromatic heterocycles. The van der Waals surface area contributed by atoms with Gasteiger partial charge in [-0.2, -0.15) is 5.10 Å². The van der Waals surface area contributed by atoms with Crippen molar-refractivity contribution < 1.29 is 0 Å². The molecule has 0 unspecified atom stereocenters. The van der Waals surface area contributed by atoms with Crippen LogP contribution in [0.4, 0.5) is 0 Å². The number of nitrogens with one attached hydrogen (secondary N) is 1. The lowest BCUT2D eigenvalue weighted by atomic mass is 10.1. The van der Waals surface area contributed by atoms with Crippen molar-refractivity contribution in [3.8, 4) is 11.3 Å². The molecule has 0 saturated carbocycles. The number of H-pyrrole nitrogens is 1. The third-order valence-corrected chi connectivity index (χ3v) is 5.93. The monoisotopic (exact) mass is 366 g/mol. The topological polar surface area (TPSA) is 35.2 Å². The van der Waals surface area contributed by atoms with Crippen LogP contribution in [-0.4, -0.2) is 40.1 Å². The highest BCUT2D eigenvalue weighted by atomic mass is 32.1. The van der Waals surface area contributed by atoms with Crippen LogP contribution in [0.3, 0.4) is 0 Å². The average Bonchev–Trinajstić information content (AvgIpc) is 3.39. The first-order valence-corrected chi connectivity index (χ1v) is 10.2. The van der Waals surface area contributed by atoms with Gasteiger partial charge in [0.2, 0.25) is 0 Å². The van der Waals surface area contributed by atoms with Crippen LogP contribution in [0.5, 0.6) is 0 Å². The number of nitrogens with zero attached hydrogens (tertiary/aromatic N) is 3. The standard InChI is InChI=1S/C21H26N4S/c1-24(14-19-12-22-23-21(19)18-7-3-2-4-8-18)15-20-11-17(16-26-20)13-25-9-5-6-10-25/h2-4,7-8,11-12,16H,5-6,9-10,13-15H2,1H3,(H,22,23). The van der Waals surface area contributed by atoms with E-state index in [0.29, 0.717) is 0 Å². The van der Waals surface area contributed by atoms with Crippen LogP contribution < -0.4 is 0 Å². The van der Waals surface area contributed by atoms with E-state index in [0.717, 1.165) is 25.3 Å². The summed E-state index contributed by atoms with van der Waals surface area (Å²) < 4.78 is 0. The van der Waals surface area contributed by atoms with E-state index in [4.69, 9.17) is 0 Å². The normalized spacial score (nSPS) is 15.2. The van der Waals surface area contributed by atoms with Gasteiger partial charge in [-0.05, 0) is 55.6 Å². The Hall–Kier alpha value is -1.95. The molecule has 1 aliphatic rings. The van der Waals surface area contributed by atoms with Crippen LogP contribution in [0.1, 0.15) is 28.8 Å². The van der Waals surface area contributed by atoms with Gasteiger partial charge < -0.3 is 0 Å². The largest absolute Gasteiger partial charge is 0.299 e. The van der Waals surface area contributed by atoms with Crippen molar-refractivity contribution in [2.45, 2.75) is 32.5 Å². The number of benzene rings is 1. The van der Waals surface area contributed by atoms with E-state index in [2.05, 4.69) is 62.8 Å². The molecule has 26 heavy (non-hydrogen) atoms. The Bertz CT molecular complexity index is 817. The lowest BCUT2D eigenvalue weighted by molar-refractivity contribution is 0.321. The van der Waals surface area contributed by atoms with Gasteiger partial charge in [-0.15, -0.1) is 11.3 Å². The fraction of sp³-hybridized carbons (Fsp3) is 0.381. The van der Waals surface area contributed by atoms with Gasteiger partial charge in [0.15, 0.2) is 0 Å². The first-order chi connectivity index (χ1) is 12.8. The molecule has 136 valence electrons. The SMILES string of the molecule is CN(Cc1cc(CN2CCCC2)cs1)Cc1cn[nH]c1-c1ccccc1. The Morgan fingerprint density at radius 2 is 1.96 bits per heavy atom. The number of likely N-dealkylation sites (tertiary alicyclic amines) is 1. The maximum absolute atomic E-state index is 4.27. The van der Waals surface area contributed by atoms with Crippen LogP contribution in [0.2, 0.25) is 0 Å². The van der Waals surface area contributed by atoms with Crippen LogP contribution in [-0.2, 0) is 19.6 Å². The maximum Gasteiger partial charge on any atom is 0.0695 e. The molecule has 1 aromatic carbocycles. The summed E-state index contributed by atoms with van der Waals surface area (Å²) in [6.07, 6.45) is 4.66. The number of thiophene rings is 1. The van der Waals surface area contributed by atoms with Gasteiger partial charge in [-0.1, -0.05) is 30.3 Å². The van der Waals surface area contributed by atoms with E-state index in [9.17, 15) is 0 Å². The number of hydrogen-bond acceptors (Lipinski definition) is 4. The van der Waals surface area contributed by atoms with Crippen molar-refractivity contribution in [1.82, 2.24) is 20.0 Å². The molecule has 4 nitrogen and oxygen atoms in total. The molecule has 0 radical (unpaired) electrons. The van der Waals surface area contributed by atoms with Crippen LogP contribution in [0.25, 0.3) is 11.3 Å². The molecule has 0 amide bonds. The fourth-order valence-corrected chi connectivity index (χ4v) is 4.65. The van der Waals surface area contributed by atoms with Gasteiger partial charge in [0.1, 0.15) is 0 Å². The highest BCUT2D eigenvalue weighted by Gasteiger charge is 2.14. The van der Waals surface area contributed by atoms with Crippen LogP contribution >= 0.6 is 11.3 Å². The number of rotatable bonds is 7. The van der Waals surface area contributed by atoms with Gasteiger partial charge in [0.25, 0.3) is 0 Å². The smallest absolute Gasteiger partial charge is 0.0695 e. The summed E-state index contributed by atoms with van der Waals surface area (Å²) in [5.41, 5.74) is 5.02. The highest BCUT2D eigenvalue weighted by Crippen LogP contribution is 2.24. The Morgan fingerprint density at radius 3 is 2.77 bits per heavy atom. The zero-order chi connectivity index (χ0) is 17.8. The molecule has 1 aliphatic heterocycles. The zero-order valence-corrected chi connectivity index (χ0v) is 16.1. The molecule has 1 saturated heterocycles. The first-order valence-electron chi connectivity index (χ1n) is 9.33. The molecule has 1 fully saturated rings. The van der Waals surface area contributed by atoms with Gasteiger partial charge >= 0.3 is 0 Å². The van der Waals surface area contributed by atoms with Crippen molar-refractivity contribution in [2.75, 3.05) is 20.1 Å². The van der Waals surface area contributed by atoms with Crippen molar-refractivity contribution in [2.24, 2.45) is 0 Å². The minimum atomic E-state index is 0.889. The molecule has 1 N–H and O–H groups in total. The van der Waals surface area contributed by atoms with E-state index in [-0.39, 0.29) is 0 Å². The molecular formula is C21H26N4S. The molecule has 0 spiro atoms. The van der Waals surface area contributed by atoms with Gasteiger partial charge in [-0.25, -0.2) is 0 Å². The molecule has 4 rings (SSSR count). The van der Waals surface area contributed by atoms with Crippen LogP contribution in [0, 0.1) is 0 Å². The third-order valence-electron chi connectivity index (χ3n) is 4.96. The predicted octanol–water partition coefficient (Wildman–Crippen LogP) is 4.37. The molecular weight excluding hydrogens is 340 g/mol. The Balaban J connectivity index is 1.37. The predicted molar refractivity (Wildman–Crippen MR) is 108 cm³/mol. The second-order valence-corrected chi connectivity index (χ2v) is 8.21. The second kappa shape index (κ2) is 8.16. The molecule has 0 atom stereocenters. The number of aromatic nitrogens is 2. The minimum Gasteiger partial charge on any atom is -0.299 e. The van der Waals surface area contributed by atoms with Crippen LogP contribution in [0.15, 0.2) is 48.0 Å². The summed E-state index contributed by atoms with van der Waals surface area (Å²) in [5, 5.41) is 9.75. The number of aromatic amines is 1. The van der Waals surface area contributed by atoms with Crippen molar-refractivity contribution in [3.63, 3.8) is 0 Å². The molecule has 0 bridgehead atoms. The van der Waals surface area contributed by atoms with Crippen molar-refractivity contribution in [3.05, 3.63) is 64.0 Å². The zero-order valence-electron chi connectivity index (χ0n) is 15.3. The average molecular weight is 367 g/mol. The molecule has 0 aliphatic carbocycles. The maximum atomic E-state index is 4.27. The highest BCUT2D eigenvalue weighted by molar-refractivity contribution is 7.10. The lowest BCUT2D eigenvalue weighted by Crippen LogP contribution is -2.18. The second-order valence-electron chi connectivity index (χ2n) is 7.21. The quantitative estimate of drug-likeness (QED) is 0.674. The summed E-state index contributed by atoms with van der Waals surface area (Å²) in [7, 11) is 2.18. The Labute approximate surface area is 159 Å².